The summed E-state index contributed by atoms with van der Waals surface area (Å²) in [7, 11) is 0. The largest absolute Gasteiger partial charge is 0.477 e. The molecule has 5 nitrogen and oxygen atoms in total. The van der Waals surface area contributed by atoms with Crippen molar-refractivity contribution in [1.29, 1.82) is 0 Å². The third-order valence-corrected chi connectivity index (χ3v) is 5.82. The zero-order valence-corrected chi connectivity index (χ0v) is 17.7. The number of carboxylic acids is 1. The van der Waals surface area contributed by atoms with Gasteiger partial charge in [-0.3, -0.25) is 0 Å². The fourth-order valence-corrected chi connectivity index (χ4v) is 4.31. The molecule has 0 radical (unpaired) electrons. The molecule has 5 heteroatoms. The second-order valence-electron chi connectivity index (χ2n) is 7.71. The molecule has 5 rings (SSSR count). The molecule has 0 amide bonds. The van der Waals surface area contributed by atoms with Crippen LogP contribution in [0.2, 0.25) is 0 Å². The fraction of sp³-hybridized carbons (Fsp3) is 0.0357. The van der Waals surface area contributed by atoms with Gasteiger partial charge in [-0.15, -0.1) is 0 Å². The summed E-state index contributed by atoms with van der Waals surface area (Å²) in [4.78, 5) is 19.9. The van der Waals surface area contributed by atoms with Crippen molar-refractivity contribution in [3.8, 4) is 11.3 Å². The Balaban J connectivity index is 1.75. The van der Waals surface area contributed by atoms with Crippen LogP contribution >= 0.6 is 0 Å². The van der Waals surface area contributed by atoms with Crippen molar-refractivity contribution in [2.24, 2.45) is 0 Å². The number of carboxylic acid groups (broad SMARTS) is 1. The molecule has 0 bridgehead atoms. The topological polar surface area (TPSA) is 68.0 Å². The molecular formula is C28H21N3O2. The van der Waals surface area contributed by atoms with Crippen molar-refractivity contribution in [1.82, 2.24) is 14.5 Å². The van der Waals surface area contributed by atoms with Crippen molar-refractivity contribution in [2.75, 3.05) is 0 Å². The molecule has 0 saturated heterocycles. The number of aromatic nitrogens is 3. The van der Waals surface area contributed by atoms with E-state index in [1.54, 1.807) is 12.3 Å². The number of carbonyl (C=O) groups is 1. The van der Waals surface area contributed by atoms with Gasteiger partial charge in [-0.1, -0.05) is 91.0 Å². The molecule has 0 aliphatic heterocycles. The SMILES string of the molecule is O=C(O)c1ccc(-c2cn(C(c3ccccc3)(c3ccccc3)c3ccccc3)cn2)cn1. The van der Waals surface area contributed by atoms with Crippen LogP contribution in [0.15, 0.2) is 122 Å². The molecule has 160 valence electrons. The maximum atomic E-state index is 11.2. The van der Waals surface area contributed by atoms with E-state index >= 15 is 0 Å². The number of pyridine rings is 1. The van der Waals surface area contributed by atoms with Crippen molar-refractivity contribution >= 4 is 5.97 Å². The molecule has 0 fully saturated rings. The molecule has 0 unspecified atom stereocenters. The van der Waals surface area contributed by atoms with Crippen molar-refractivity contribution in [3.63, 3.8) is 0 Å². The summed E-state index contributed by atoms with van der Waals surface area (Å²) in [5.74, 6) is -1.05. The first-order valence-corrected chi connectivity index (χ1v) is 10.6. The first kappa shape index (κ1) is 20.4. The Labute approximate surface area is 191 Å². The van der Waals surface area contributed by atoms with Crippen LogP contribution in [-0.4, -0.2) is 25.6 Å². The van der Waals surface area contributed by atoms with Crippen LogP contribution in [0, 0.1) is 0 Å². The van der Waals surface area contributed by atoms with E-state index in [9.17, 15) is 4.79 Å². The van der Waals surface area contributed by atoms with Crippen molar-refractivity contribution < 1.29 is 9.90 Å². The van der Waals surface area contributed by atoms with Crippen molar-refractivity contribution in [2.45, 2.75) is 5.54 Å². The number of rotatable bonds is 6. The number of benzene rings is 3. The van der Waals surface area contributed by atoms with E-state index < -0.39 is 11.5 Å². The van der Waals surface area contributed by atoms with Gasteiger partial charge in [0, 0.05) is 18.0 Å². The van der Waals surface area contributed by atoms with Gasteiger partial charge >= 0.3 is 5.97 Å². The van der Waals surface area contributed by atoms with E-state index in [-0.39, 0.29) is 5.69 Å². The predicted octanol–water partition coefficient (Wildman–Crippen LogP) is 5.48. The van der Waals surface area contributed by atoms with Gasteiger partial charge < -0.3 is 9.67 Å². The van der Waals surface area contributed by atoms with Gasteiger partial charge in [-0.2, -0.15) is 0 Å². The highest BCUT2D eigenvalue weighted by Gasteiger charge is 2.38. The lowest BCUT2D eigenvalue weighted by atomic mass is 9.77. The molecule has 2 heterocycles. The van der Waals surface area contributed by atoms with E-state index in [2.05, 4.69) is 50.9 Å². The third-order valence-electron chi connectivity index (χ3n) is 5.82. The summed E-state index contributed by atoms with van der Waals surface area (Å²) in [6.45, 7) is 0. The van der Waals surface area contributed by atoms with Gasteiger partial charge in [0.2, 0.25) is 0 Å². The van der Waals surface area contributed by atoms with E-state index in [1.165, 1.54) is 6.07 Å². The normalized spacial score (nSPS) is 11.3. The summed E-state index contributed by atoms with van der Waals surface area (Å²) in [5, 5.41) is 9.15. The zero-order valence-electron chi connectivity index (χ0n) is 17.7. The monoisotopic (exact) mass is 431 g/mol. The number of hydrogen-bond donors (Lipinski definition) is 1. The standard InChI is InChI=1S/C28H21N3O2/c32-27(33)25-17-16-21(18-29-25)26-19-31(20-30-26)28(22-10-4-1-5-11-22,23-12-6-2-7-13-23)24-14-8-3-9-15-24/h1-20H,(H,32,33). The van der Waals surface area contributed by atoms with E-state index in [4.69, 9.17) is 5.11 Å². The molecule has 2 aromatic heterocycles. The highest BCUT2D eigenvalue weighted by atomic mass is 16.4. The lowest BCUT2D eigenvalue weighted by Gasteiger charge is -2.37. The van der Waals surface area contributed by atoms with Crippen molar-refractivity contribution in [3.05, 3.63) is 144 Å². The van der Waals surface area contributed by atoms with E-state index in [1.807, 2.05) is 67.1 Å². The highest BCUT2D eigenvalue weighted by Crippen LogP contribution is 2.41. The molecule has 0 aliphatic carbocycles. The van der Waals surface area contributed by atoms with Crippen LogP contribution in [0.4, 0.5) is 0 Å². The van der Waals surface area contributed by atoms with Crippen LogP contribution in [-0.2, 0) is 5.54 Å². The second-order valence-corrected chi connectivity index (χ2v) is 7.71. The summed E-state index contributed by atoms with van der Waals surface area (Å²) in [6.07, 6.45) is 5.36. The van der Waals surface area contributed by atoms with Gasteiger partial charge in [0.15, 0.2) is 0 Å². The fourth-order valence-electron chi connectivity index (χ4n) is 4.31. The first-order chi connectivity index (χ1) is 16.2. The molecule has 0 spiro atoms. The van der Waals surface area contributed by atoms with Gasteiger partial charge in [-0.25, -0.2) is 14.8 Å². The lowest BCUT2D eigenvalue weighted by molar-refractivity contribution is 0.0690. The Morgan fingerprint density at radius 1 is 0.697 bits per heavy atom. The number of imidazole rings is 1. The average Bonchev–Trinajstić information content (AvgIpc) is 3.37. The Bertz CT molecular complexity index is 1270. The third kappa shape index (κ3) is 3.59. The van der Waals surface area contributed by atoms with Crippen LogP contribution in [0.5, 0.6) is 0 Å². The van der Waals surface area contributed by atoms with E-state index in [0.29, 0.717) is 5.69 Å². The maximum Gasteiger partial charge on any atom is 0.354 e. The molecule has 1 N–H and O–H groups in total. The van der Waals surface area contributed by atoms with Crippen LogP contribution in [0.25, 0.3) is 11.3 Å². The number of hydrogen-bond acceptors (Lipinski definition) is 3. The first-order valence-electron chi connectivity index (χ1n) is 10.6. The number of nitrogens with zero attached hydrogens (tertiary/aromatic N) is 3. The molecular weight excluding hydrogens is 410 g/mol. The summed E-state index contributed by atoms with van der Waals surface area (Å²) in [5.41, 5.74) is 4.13. The summed E-state index contributed by atoms with van der Waals surface area (Å²) >= 11 is 0. The minimum atomic E-state index is -1.05. The molecule has 0 saturated carbocycles. The second kappa shape index (κ2) is 8.55. The van der Waals surface area contributed by atoms with E-state index in [0.717, 1.165) is 22.3 Å². The number of aromatic carboxylic acids is 1. The average molecular weight is 431 g/mol. The van der Waals surface area contributed by atoms with Crippen LogP contribution < -0.4 is 0 Å². The summed E-state index contributed by atoms with van der Waals surface area (Å²) < 4.78 is 2.12. The predicted molar refractivity (Wildman–Crippen MR) is 127 cm³/mol. The molecule has 0 atom stereocenters. The Hall–Kier alpha value is -4.51. The lowest BCUT2D eigenvalue weighted by Crippen LogP contribution is -2.36. The Kier molecular flexibility index (Phi) is 5.29. The molecule has 33 heavy (non-hydrogen) atoms. The zero-order chi connectivity index (χ0) is 22.7. The highest BCUT2D eigenvalue weighted by molar-refractivity contribution is 5.85. The smallest absolute Gasteiger partial charge is 0.354 e. The van der Waals surface area contributed by atoms with Gasteiger partial charge in [0.05, 0.1) is 12.0 Å². The van der Waals surface area contributed by atoms with Crippen LogP contribution in [0.1, 0.15) is 27.2 Å². The minimum Gasteiger partial charge on any atom is -0.477 e. The van der Waals surface area contributed by atoms with Gasteiger partial charge in [0.25, 0.3) is 0 Å². The van der Waals surface area contributed by atoms with Crippen LogP contribution in [0.3, 0.4) is 0 Å². The molecule has 0 aliphatic rings. The maximum absolute atomic E-state index is 11.2. The Morgan fingerprint density at radius 2 is 1.21 bits per heavy atom. The van der Waals surface area contributed by atoms with Gasteiger partial charge in [0.1, 0.15) is 11.2 Å². The Morgan fingerprint density at radius 3 is 1.64 bits per heavy atom. The minimum absolute atomic E-state index is 0.00499. The molecule has 5 aromatic rings. The molecule has 3 aromatic carbocycles. The van der Waals surface area contributed by atoms with Gasteiger partial charge in [-0.05, 0) is 28.8 Å². The summed E-state index contributed by atoms with van der Waals surface area (Å²) in [6, 6.07) is 34.3. The quantitative estimate of drug-likeness (QED) is 0.361.